The van der Waals surface area contributed by atoms with Crippen LogP contribution in [0.2, 0.25) is 0 Å². The zero-order valence-electron chi connectivity index (χ0n) is 11.3. The van der Waals surface area contributed by atoms with Gasteiger partial charge in [-0.25, -0.2) is 4.98 Å². The zero-order chi connectivity index (χ0) is 13.0. The van der Waals surface area contributed by atoms with E-state index in [1.165, 1.54) is 12.8 Å². The first-order valence-corrected chi connectivity index (χ1v) is 6.89. The van der Waals surface area contributed by atoms with Crippen LogP contribution in [0.4, 0.5) is 0 Å². The summed E-state index contributed by atoms with van der Waals surface area (Å²) in [5.41, 5.74) is -0.124. The number of hydrogen-bond acceptors (Lipinski definition) is 2. The summed E-state index contributed by atoms with van der Waals surface area (Å²) in [6, 6.07) is 0. The Morgan fingerprint density at radius 1 is 1.50 bits per heavy atom. The third kappa shape index (κ3) is 2.92. The molecule has 0 atom stereocenters. The normalized spacial score (nSPS) is 18.2. The van der Waals surface area contributed by atoms with Crippen LogP contribution < -0.4 is 5.32 Å². The predicted molar refractivity (Wildman–Crippen MR) is 70.8 cm³/mol. The van der Waals surface area contributed by atoms with E-state index in [0.29, 0.717) is 12.5 Å². The van der Waals surface area contributed by atoms with Crippen molar-refractivity contribution in [1.82, 2.24) is 15.3 Å². The highest BCUT2D eigenvalue weighted by atomic mass is 16.2. The number of aromatic amines is 1. The van der Waals surface area contributed by atoms with Crippen LogP contribution in [0.15, 0.2) is 12.4 Å². The van der Waals surface area contributed by atoms with Crippen molar-refractivity contribution < 1.29 is 4.79 Å². The summed E-state index contributed by atoms with van der Waals surface area (Å²) < 4.78 is 0. The molecule has 0 aliphatic heterocycles. The van der Waals surface area contributed by atoms with Crippen molar-refractivity contribution in [3.05, 3.63) is 18.2 Å². The first kappa shape index (κ1) is 13.1. The van der Waals surface area contributed by atoms with Gasteiger partial charge in [-0.2, -0.15) is 0 Å². The number of imidazole rings is 1. The van der Waals surface area contributed by atoms with Crippen molar-refractivity contribution in [2.24, 2.45) is 11.3 Å². The molecule has 1 amide bonds. The van der Waals surface area contributed by atoms with E-state index in [9.17, 15) is 4.79 Å². The van der Waals surface area contributed by atoms with Crippen molar-refractivity contribution in [3.8, 4) is 0 Å². The van der Waals surface area contributed by atoms with Gasteiger partial charge in [-0.1, -0.05) is 26.7 Å². The van der Waals surface area contributed by atoms with E-state index in [2.05, 4.69) is 29.1 Å². The number of carbonyl (C=O) groups is 1. The average Bonchev–Trinajstić information content (AvgIpc) is 2.96. The van der Waals surface area contributed by atoms with Gasteiger partial charge in [0.25, 0.3) is 0 Å². The van der Waals surface area contributed by atoms with Crippen LogP contribution >= 0.6 is 0 Å². The molecule has 100 valence electrons. The van der Waals surface area contributed by atoms with Gasteiger partial charge in [0.2, 0.25) is 5.91 Å². The SMILES string of the molecule is CC(C)CC1(C(=O)NCc2ncc[nH]2)CCCC1. The molecular formula is C14H23N3O. The molecule has 0 unspecified atom stereocenters. The van der Waals surface area contributed by atoms with Crippen LogP contribution in [-0.2, 0) is 11.3 Å². The molecule has 0 radical (unpaired) electrons. The minimum absolute atomic E-state index is 0.124. The van der Waals surface area contributed by atoms with Crippen LogP contribution in [0.5, 0.6) is 0 Å². The summed E-state index contributed by atoms with van der Waals surface area (Å²) in [4.78, 5) is 19.6. The minimum atomic E-state index is -0.124. The fourth-order valence-corrected chi connectivity index (χ4v) is 3.10. The van der Waals surface area contributed by atoms with Gasteiger partial charge in [-0.15, -0.1) is 0 Å². The fraction of sp³-hybridized carbons (Fsp3) is 0.714. The summed E-state index contributed by atoms with van der Waals surface area (Å²) in [7, 11) is 0. The minimum Gasteiger partial charge on any atom is -0.348 e. The third-order valence-electron chi connectivity index (χ3n) is 3.81. The lowest BCUT2D eigenvalue weighted by Crippen LogP contribution is -2.40. The zero-order valence-corrected chi connectivity index (χ0v) is 11.3. The number of carbonyl (C=O) groups excluding carboxylic acids is 1. The van der Waals surface area contributed by atoms with E-state index in [-0.39, 0.29) is 11.3 Å². The molecule has 1 saturated carbocycles. The molecule has 2 rings (SSSR count). The van der Waals surface area contributed by atoms with Gasteiger partial charge in [-0.05, 0) is 25.2 Å². The Hall–Kier alpha value is -1.32. The Morgan fingerprint density at radius 3 is 2.78 bits per heavy atom. The Morgan fingerprint density at radius 2 is 2.22 bits per heavy atom. The lowest BCUT2D eigenvalue weighted by atomic mass is 9.77. The molecule has 0 bridgehead atoms. The van der Waals surface area contributed by atoms with Crippen molar-refractivity contribution in [2.75, 3.05) is 0 Å². The maximum atomic E-state index is 12.4. The van der Waals surface area contributed by atoms with Gasteiger partial charge in [-0.3, -0.25) is 4.79 Å². The van der Waals surface area contributed by atoms with Crippen LogP contribution in [0, 0.1) is 11.3 Å². The third-order valence-corrected chi connectivity index (χ3v) is 3.81. The summed E-state index contributed by atoms with van der Waals surface area (Å²) in [5.74, 6) is 1.60. The van der Waals surface area contributed by atoms with Crippen LogP contribution in [-0.4, -0.2) is 15.9 Å². The van der Waals surface area contributed by atoms with E-state index in [4.69, 9.17) is 0 Å². The van der Waals surface area contributed by atoms with E-state index in [0.717, 1.165) is 25.1 Å². The van der Waals surface area contributed by atoms with Gasteiger partial charge in [0, 0.05) is 17.8 Å². The number of amides is 1. The smallest absolute Gasteiger partial charge is 0.226 e. The van der Waals surface area contributed by atoms with Gasteiger partial charge in [0.1, 0.15) is 5.82 Å². The highest BCUT2D eigenvalue weighted by molar-refractivity contribution is 5.82. The summed E-state index contributed by atoms with van der Waals surface area (Å²) in [6.07, 6.45) is 8.92. The van der Waals surface area contributed by atoms with Gasteiger partial charge < -0.3 is 10.3 Å². The Labute approximate surface area is 109 Å². The monoisotopic (exact) mass is 249 g/mol. The molecule has 2 N–H and O–H groups in total. The molecule has 18 heavy (non-hydrogen) atoms. The van der Waals surface area contributed by atoms with Gasteiger partial charge in [0.15, 0.2) is 0 Å². The molecule has 0 spiro atoms. The quantitative estimate of drug-likeness (QED) is 0.842. The molecule has 4 nitrogen and oxygen atoms in total. The molecule has 4 heteroatoms. The molecule has 1 aromatic heterocycles. The van der Waals surface area contributed by atoms with Crippen LogP contribution in [0.3, 0.4) is 0 Å². The lowest BCUT2D eigenvalue weighted by molar-refractivity contribution is -0.132. The maximum Gasteiger partial charge on any atom is 0.226 e. The molecule has 1 fully saturated rings. The number of H-pyrrole nitrogens is 1. The van der Waals surface area contributed by atoms with E-state index < -0.39 is 0 Å². The summed E-state index contributed by atoms with van der Waals surface area (Å²) in [6.45, 7) is 4.89. The van der Waals surface area contributed by atoms with Crippen LogP contribution in [0.25, 0.3) is 0 Å². The predicted octanol–water partition coefficient (Wildman–Crippen LogP) is 2.63. The largest absolute Gasteiger partial charge is 0.348 e. The molecule has 1 aliphatic rings. The van der Waals surface area contributed by atoms with Gasteiger partial charge >= 0.3 is 0 Å². The second-order valence-corrected chi connectivity index (χ2v) is 5.80. The number of rotatable bonds is 5. The second kappa shape index (κ2) is 5.55. The molecule has 1 aromatic rings. The fourth-order valence-electron chi connectivity index (χ4n) is 3.10. The maximum absolute atomic E-state index is 12.4. The van der Waals surface area contributed by atoms with E-state index >= 15 is 0 Å². The molecular weight excluding hydrogens is 226 g/mol. The highest BCUT2D eigenvalue weighted by Crippen LogP contribution is 2.43. The standard InChI is InChI=1S/C14H23N3O/c1-11(2)9-14(5-3-4-6-14)13(18)17-10-12-15-7-8-16-12/h7-8,11H,3-6,9-10H2,1-2H3,(H,15,16)(H,17,18). The molecule has 1 heterocycles. The first-order chi connectivity index (χ1) is 8.62. The Kier molecular flexibility index (Phi) is 4.04. The Bertz CT molecular complexity index is 378. The van der Waals surface area contributed by atoms with Crippen molar-refractivity contribution in [1.29, 1.82) is 0 Å². The highest BCUT2D eigenvalue weighted by Gasteiger charge is 2.41. The topological polar surface area (TPSA) is 57.8 Å². The lowest BCUT2D eigenvalue weighted by Gasteiger charge is -2.29. The van der Waals surface area contributed by atoms with Gasteiger partial charge in [0.05, 0.1) is 6.54 Å². The Balaban J connectivity index is 1.95. The van der Waals surface area contributed by atoms with E-state index in [1.54, 1.807) is 12.4 Å². The molecule has 0 aromatic carbocycles. The van der Waals surface area contributed by atoms with E-state index in [1.807, 2.05) is 0 Å². The molecule has 0 saturated heterocycles. The number of aromatic nitrogens is 2. The first-order valence-electron chi connectivity index (χ1n) is 6.89. The summed E-state index contributed by atoms with van der Waals surface area (Å²) in [5, 5.41) is 3.04. The van der Waals surface area contributed by atoms with Crippen molar-refractivity contribution in [2.45, 2.75) is 52.5 Å². The molecule has 1 aliphatic carbocycles. The second-order valence-electron chi connectivity index (χ2n) is 5.80. The van der Waals surface area contributed by atoms with Crippen molar-refractivity contribution in [3.63, 3.8) is 0 Å². The van der Waals surface area contributed by atoms with Crippen molar-refractivity contribution >= 4 is 5.91 Å². The summed E-state index contributed by atoms with van der Waals surface area (Å²) >= 11 is 0. The number of nitrogens with one attached hydrogen (secondary N) is 2. The number of nitrogens with zero attached hydrogens (tertiary/aromatic N) is 1. The van der Waals surface area contributed by atoms with Crippen LogP contribution in [0.1, 0.15) is 51.8 Å². The average molecular weight is 249 g/mol. The number of hydrogen-bond donors (Lipinski definition) is 2.